The van der Waals surface area contributed by atoms with E-state index in [4.69, 9.17) is 5.84 Å². The molecule has 0 amide bonds. The van der Waals surface area contributed by atoms with Crippen LogP contribution in [-0.2, 0) is 0 Å². The standard InChI is InChI=1S/C13H23N5/c1-4-10-5-6-11(8(10)2)17-12-7-13(18-14)16-9(3)15-12/h7-8,10-11H,4-6,14H2,1-3H3,(H2,15,16,17,18). The van der Waals surface area contributed by atoms with E-state index in [1.807, 2.05) is 13.0 Å². The van der Waals surface area contributed by atoms with Crippen LogP contribution in [0.2, 0.25) is 0 Å². The van der Waals surface area contributed by atoms with Gasteiger partial charge in [-0.25, -0.2) is 15.8 Å². The zero-order chi connectivity index (χ0) is 13.1. The monoisotopic (exact) mass is 249 g/mol. The molecule has 1 fully saturated rings. The molecule has 1 heterocycles. The van der Waals surface area contributed by atoms with Gasteiger partial charge in [-0.15, -0.1) is 0 Å². The number of hydrogen-bond acceptors (Lipinski definition) is 5. The number of hydrogen-bond donors (Lipinski definition) is 3. The second kappa shape index (κ2) is 5.52. The van der Waals surface area contributed by atoms with Gasteiger partial charge < -0.3 is 10.7 Å². The first-order valence-electron chi connectivity index (χ1n) is 6.72. The average molecular weight is 249 g/mol. The van der Waals surface area contributed by atoms with E-state index in [0.29, 0.717) is 17.8 Å². The molecule has 0 saturated heterocycles. The van der Waals surface area contributed by atoms with Crippen molar-refractivity contribution in [1.82, 2.24) is 9.97 Å². The van der Waals surface area contributed by atoms with Crippen LogP contribution in [0.4, 0.5) is 11.6 Å². The molecule has 18 heavy (non-hydrogen) atoms. The van der Waals surface area contributed by atoms with Crippen LogP contribution in [0.15, 0.2) is 6.07 Å². The van der Waals surface area contributed by atoms with E-state index in [9.17, 15) is 0 Å². The number of aryl methyl sites for hydroxylation is 1. The summed E-state index contributed by atoms with van der Waals surface area (Å²) in [6, 6.07) is 2.37. The molecular formula is C13H23N5. The molecule has 0 bridgehead atoms. The summed E-state index contributed by atoms with van der Waals surface area (Å²) < 4.78 is 0. The molecule has 2 rings (SSSR count). The number of anilines is 2. The van der Waals surface area contributed by atoms with E-state index in [1.165, 1.54) is 19.3 Å². The van der Waals surface area contributed by atoms with Gasteiger partial charge in [0.25, 0.3) is 0 Å². The van der Waals surface area contributed by atoms with Crippen LogP contribution >= 0.6 is 0 Å². The summed E-state index contributed by atoms with van der Waals surface area (Å²) in [5.41, 5.74) is 2.57. The Morgan fingerprint density at radius 3 is 2.67 bits per heavy atom. The van der Waals surface area contributed by atoms with Crippen molar-refractivity contribution < 1.29 is 0 Å². The first kappa shape index (κ1) is 13.1. The van der Waals surface area contributed by atoms with E-state index in [-0.39, 0.29) is 0 Å². The van der Waals surface area contributed by atoms with Gasteiger partial charge in [-0.2, -0.15) is 0 Å². The third-order valence-electron chi connectivity index (χ3n) is 4.07. The number of rotatable bonds is 4. The summed E-state index contributed by atoms with van der Waals surface area (Å²) in [5, 5.41) is 3.52. The third kappa shape index (κ3) is 2.72. The number of nitrogen functional groups attached to an aromatic ring is 1. The topological polar surface area (TPSA) is 75.9 Å². The Morgan fingerprint density at radius 1 is 1.33 bits per heavy atom. The molecule has 3 atom stereocenters. The van der Waals surface area contributed by atoms with Crippen molar-refractivity contribution in [3.05, 3.63) is 11.9 Å². The lowest BCUT2D eigenvalue weighted by molar-refractivity contribution is 0.391. The molecule has 5 heteroatoms. The summed E-state index contributed by atoms with van der Waals surface area (Å²) in [6.45, 7) is 6.47. The van der Waals surface area contributed by atoms with Crippen molar-refractivity contribution in [2.45, 2.75) is 46.1 Å². The third-order valence-corrected chi connectivity index (χ3v) is 4.07. The second-order valence-corrected chi connectivity index (χ2v) is 5.19. The maximum atomic E-state index is 5.40. The van der Waals surface area contributed by atoms with Gasteiger partial charge in [0.2, 0.25) is 0 Å². The van der Waals surface area contributed by atoms with Gasteiger partial charge in [0, 0.05) is 12.1 Å². The minimum Gasteiger partial charge on any atom is -0.367 e. The van der Waals surface area contributed by atoms with Crippen LogP contribution in [0.5, 0.6) is 0 Å². The molecule has 0 radical (unpaired) electrons. The van der Waals surface area contributed by atoms with E-state index in [1.54, 1.807) is 0 Å². The van der Waals surface area contributed by atoms with Crippen LogP contribution in [0.25, 0.3) is 0 Å². The van der Waals surface area contributed by atoms with Crippen LogP contribution in [0.3, 0.4) is 0 Å². The van der Waals surface area contributed by atoms with Gasteiger partial charge >= 0.3 is 0 Å². The van der Waals surface area contributed by atoms with E-state index < -0.39 is 0 Å². The molecule has 0 spiro atoms. The Hall–Kier alpha value is -1.36. The van der Waals surface area contributed by atoms with E-state index in [2.05, 4.69) is 34.6 Å². The summed E-state index contributed by atoms with van der Waals surface area (Å²) in [4.78, 5) is 8.60. The van der Waals surface area contributed by atoms with Gasteiger partial charge in [0.05, 0.1) is 0 Å². The van der Waals surface area contributed by atoms with Crippen LogP contribution in [-0.4, -0.2) is 16.0 Å². The summed E-state index contributed by atoms with van der Waals surface area (Å²) in [7, 11) is 0. The largest absolute Gasteiger partial charge is 0.367 e. The van der Waals surface area contributed by atoms with Crippen molar-refractivity contribution in [3.63, 3.8) is 0 Å². The smallest absolute Gasteiger partial charge is 0.145 e. The molecule has 0 aliphatic heterocycles. The van der Waals surface area contributed by atoms with Crippen LogP contribution < -0.4 is 16.6 Å². The average Bonchev–Trinajstić information content (AvgIpc) is 2.70. The molecular weight excluding hydrogens is 226 g/mol. The highest BCUT2D eigenvalue weighted by molar-refractivity contribution is 5.47. The molecule has 1 aromatic heterocycles. The Morgan fingerprint density at radius 2 is 2.06 bits per heavy atom. The molecule has 3 unspecified atom stereocenters. The zero-order valence-electron chi connectivity index (χ0n) is 11.4. The normalized spacial score (nSPS) is 27.2. The summed E-state index contributed by atoms with van der Waals surface area (Å²) >= 11 is 0. The highest BCUT2D eigenvalue weighted by Crippen LogP contribution is 2.35. The number of nitrogens with zero attached hydrogens (tertiary/aromatic N) is 2. The predicted molar refractivity (Wildman–Crippen MR) is 74.2 cm³/mol. The molecule has 100 valence electrons. The lowest BCUT2D eigenvalue weighted by Crippen LogP contribution is -2.25. The molecule has 1 aromatic rings. The lowest BCUT2D eigenvalue weighted by Gasteiger charge is -2.21. The molecule has 4 N–H and O–H groups in total. The fourth-order valence-electron chi connectivity index (χ4n) is 2.93. The van der Waals surface area contributed by atoms with Crippen molar-refractivity contribution in [2.24, 2.45) is 17.7 Å². The van der Waals surface area contributed by atoms with Gasteiger partial charge in [-0.1, -0.05) is 20.3 Å². The quantitative estimate of drug-likeness (QED) is 0.564. The Balaban J connectivity index is 2.08. The van der Waals surface area contributed by atoms with Crippen molar-refractivity contribution in [3.8, 4) is 0 Å². The molecule has 1 saturated carbocycles. The first-order chi connectivity index (χ1) is 8.63. The van der Waals surface area contributed by atoms with Crippen LogP contribution in [0, 0.1) is 18.8 Å². The van der Waals surface area contributed by atoms with E-state index >= 15 is 0 Å². The maximum absolute atomic E-state index is 5.40. The van der Waals surface area contributed by atoms with Gasteiger partial charge in [-0.3, -0.25) is 0 Å². The fraction of sp³-hybridized carbons (Fsp3) is 0.692. The molecule has 0 aromatic carbocycles. The minimum absolute atomic E-state index is 0.509. The Labute approximate surface area is 109 Å². The van der Waals surface area contributed by atoms with Crippen molar-refractivity contribution in [2.75, 3.05) is 10.7 Å². The van der Waals surface area contributed by atoms with Gasteiger partial charge in [0.1, 0.15) is 17.5 Å². The zero-order valence-corrected chi connectivity index (χ0v) is 11.4. The predicted octanol–water partition coefficient (Wildman–Crippen LogP) is 2.31. The number of nitrogens with two attached hydrogens (primary N) is 1. The number of nitrogens with one attached hydrogen (secondary N) is 2. The minimum atomic E-state index is 0.509. The Kier molecular flexibility index (Phi) is 4.01. The highest BCUT2D eigenvalue weighted by Gasteiger charge is 2.31. The lowest BCUT2D eigenvalue weighted by atomic mass is 9.93. The summed E-state index contributed by atoms with van der Waals surface area (Å²) in [5.74, 6) is 9.17. The van der Waals surface area contributed by atoms with Crippen molar-refractivity contribution in [1.29, 1.82) is 0 Å². The number of hydrazine groups is 1. The van der Waals surface area contributed by atoms with Crippen molar-refractivity contribution >= 4 is 11.6 Å². The molecule has 1 aliphatic rings. The molecule has 1 aliphatic carbocycles. The SMILES string of the molecule is CCC1CCC(Nc2cc(NN)nc(C)n2)C1C. The highest BCUT2D eigenvalue weighted by atomic mass is 15.3. The second-order valence-electron chi connectivity index (χ2n) is 5.19. The maximum Gasteiger partial charge on any atom is 0.145 e. The first-order valence-corrected chi connectivity index (χ1v) is 6.72. The van der Waals surface area contributed by atoms with E-state index in [0.717, 1.165) is 17.6 Å². The fourth-order valence-corrected chi connectivity index (χ4v) is 2.93. The summed E-state index contributed by atoms with van der Waals surface area (Å²) in [6.07, 6.45) is 3.78. The van der Waals surface area contributed by atoms with Crippen LogP contribution in [0.1, 0.15) is 38.9 Å². The van der Waals surface area contributed by atoms with Gasteiger partial charge in [-0.05, 0) is 31.6 Å². The molecule has 5 nitrogen and oxygen atoms in total. The van der Waals surface area contributed by atoms with Gasteiger partial charge in [0.15, 0.2) is 0 Å². The number of aromatic nitrogens is 2. The Bertz CT molecular complexity index is 406.